The Bertz CT molecular complexity index is 1200. The Balaban J connectivity index is 1.34. The van der Waals surface area contributed by atoms with Gasteiger partial charge in [0.2, 0.25) is 11.0 Å². The molecular weight excluding hydrogens is 452 g/mol. The molecule has 3 aromatic carbocycles. The highest BCUT2D eigenvalue weighted by Crippen LogP contribution is 2.31. The van der Waals surface area contributed by atoms with Crippen LogP contribution in [0, 0.1) is 0 Å². The summed E-state index contributed by atoms with van der Waals surface area (Å²) in [6, 6.07) is 25.7. The van der Waals surface area contributed by atoms with E-state index >= 15 is 0 Å². The molecule has 1 atom stereocenters. The highest BCUT2D eigenvalue weighted by Gasteiger charge is 2.18. The van der Waals surface area contributed by atoms with Gasteiger partial charge < -0.3 is 15.4 Å². The molecule has 0 aliphatic rings. The van der Waals surface area contributed by atoms with Gasteiger partial charge in [0.25, 0.3) is 0 Å². The summed E-state index contributed by atoms with van der Waals surface area (Å²) in [5, 5.41) is 15.1. The number of methoxy groups -OCH3 is 1. The van der Waals surface area contributed by atoms with Gasteiger partial charge in [-0.3, -0.25) is 4.79 Å². The number of amides is 1. The van der Waals surface area contributed by atoms with Crippen molar-refractivity contribution in [3.05, 3.63) is 84.4 Å². The number of hydrogen-bond acceptors (Lipinski definition) is 7. The molecule has 1 heterocycles. The molecule has 0 saturated carbocycles. The molecule has 0 bridgehead atoms. The summed E-state index contributed by atoms with van der Waals surface area (Å²) in [6.45, 7) is 2.51. The standard InChI is InChI=1S/C25H24N4O2S2/c1-17(23(30)27-22-11-7-6-10-21(22)19-8-4-3-5-9-19)32-25-29-28-24(33-25)26-16-18-12-14-20(31-2)15-13-18/h3-15,17H,16H2,1-2H3,(H,26,28)(H,27,30). The van der Waals surface area contributed by atoms with Crippen LogP contribution >= 0.6 is 23.1 Å². The van der Waals surface area contributed by atoms with Crippen molar-refractivity contribution in [2.75, 3.05) is 17.7 Å². The maximum absolute atomic E-state index is 12.9. The summed E-state index contributed by atoms with van der Waals surface area (Å²) in [5.74, 6) is 0.748. The molecule has 8 heteroatoms. The zero-order valence-electron chi connectivity index (χ0n) is 18.3. The number of benzene rings is 3. The lowest BCUT2D eigenvalue weighted by Gasteiger charge is -2.14. The van der Waals surface area contributed by atoms with Crippen LogP contribution in [0.2, 0.25) is 0 Å². The first kappa shape index (κ1) is 22.8. The molecule has 33 heavy (non-hydrogen) atoms. The number of anilines is 2. The first-order valence-corrected chi connectivity index (χ1v) is 12.1. The van der Waals surface area contributed by atoms with Gasteiger partial charge in [-0.25, -0.2) is 0 Å². The minimum atomic E-state index is -0.323. The number of carbonyl (C=O) groups excluding carboxylic acids is 1. The van der Waals surface area contributed by atoms with E-state index in [0.29, 0.717) is 6.54 Å². The quantitative estimate of drug-likeness (QED) is 0.291. The van der Waals surface area contributed by atoms with Crippen molar-refractivity contribution in [2.24, 2.45) is 0 Å². The molecule has 0 spiro atoms. The third-order valence-electron chi connectivity index (χ3n) is 4.93. The second kappa shape index (κ2) is 11.0. The molecule has 0 saturated heterocycles. The van der Waals surface area contributed by atoms with Crippen molar-refractivity contribution in [2.45, 2.75) is 23.1 Å². The molecule has 2 N–H and O–H groups in total. The van der Waals surface area contributed by atoms with Crippen molar-refractivity contribution in [3.63, 3.8) is 0 Å². The van der Waals surface area contributed by atoms with Crippen LogP contribution < -0.4 is 15.4 Å². The van der Waals surface area contributed by atoms with Gasteiger partial charge >= 0.3 is 0 Å². The van der Waals surface area contributed by atoms with Crippen LogP contribution in [0.25, 0.3) is 11.1 Å². The monoisotopic (exact) mass is 476 g/mol. The zero-order valence-corrected chi connectivity index (χ0v) is 20.0. The van der Waals surface area contributed by atoms with Gasteiger partial charge in [-0.05, 0) is 36.2 Å². The second-order valence-electron chi connectivity index (χ2n) is 7.24. The van der Waals surface area contributed by atoms with Gasteiger partial charge in [0.05, 0.1) is 12.4 Å². The highest BCUT2D eigenvalue weighted by atomic mass is 32.2. The topological polar surface area (TPSA) is 76.1 Å². The first-order chi connectivity index (χ1) is 16.1. The van der Waals surface area contributed by atoms with Gasteiger partial charge in [0.15, 0.2) is 4.34 Å². The van der Waals surface area contributed by atoms with E-state index in [1.807, 2.05) is 85.8 Å². The van der Waals surface area contributed by atoms with Crippen LogP contribution in [0.5, 0.6) is 5.75 Å². The number of para-hydroxylation sites is 1. The Kier molecular flexibility index (Phi) is 7.59. The molecule has 1 unspecified atom stereocenters. The molecule has 1 amide bonds. The normalized spacial score (nSPS) is 11.6. The Morgan fingerprint density at radius 1 is 1.00 bits per heavy atom. The second-order valence-corrected chi connectivity index (χ2v) is 9.80. The largest absolute Gasteiger partial charge is 0.497 e. The highest BCUT2D eigenvalue weighted by molar-refractivity contribution is 8.02. The van der Waals surface area contributed by atoms with E-state index in [2.05, 4.69) is 20.8 Å². The molecule has 0 radical (unpaired) electrons. The zero-order chi connectivity index (χ0) is 23.0. The number of aromatic nitrogens is 2. The van der Waals surface area contributed by atoms with E-state index in [0.717, 1.165) is 37.6 Å². The molecule has 0 aliphatic heterocycles. The Morgan fingerprint density at radius 3 is 2.48 bits per heavy atom. The lowest BCUT2D eigenvalue weighted by molar-refractivity contribution is -0.115. The molecule has 6 nitrogen and oxygen atoms in total. The average molecular weight is 477 g/mol. The van der Waals surface area contributed by atoms with Gasteiger partial charge in [0, 0.05) is 17.8 Å². The summed E-state index contributed by atoms with van der Waals surface area (Å²) < 4.78 is 5.92. The summed E-state index contributed by atoms with van der Waals surface area (Å²) in [7, 11) is 1.65. The average Bonchev–Trinajstić information content (AvgIpc) is 3.31. The SMILES string of the molecule is COc1ccc(CNc2nnc(SC(C)C(=O)Nc3ccccc3-c3ccccc3)s2)cc1. The Hall–Kier alpha value is -3.36. The number of hydrogen-bond donors (Lipinski definition) is 2. The van der Waals surface area contributed by atoms with E-state index < -0.39 is 0 Å². The van der Waals surface area contributed by atoms with E-state index in [1.165, 1.54) is 23.1 Å². The summed E-state index contributed by atoms with van der Waals surface area (Å²) >= 11 is 2.83. The minimum absolute atomic E-state index is 0.0775. The number of nitrogens with one attached hydrogen (secondary N) is 2. The van der Waals surface area contributed by atoms with Crippen LogP contribution in [0.4, 0.5) is 10.8 Å². The van der Waals surface area contributed by atoms with E-state index in [4.69, 9.17) is 4.74 Å². The third kappa shape index (κ3) is 6.12. The van der Waals surface area contributed by atoms with Crippen LogP contribution in [0.1, 0.15) is 12.5 Å². The van der Waals surface area contributed by atoms with Crippen LogP contribution in [-0.4, -0.2) is 28.5 Å². The molecular formula is C25H24N4O2S2. The number of nitrogens with zero attached hydrogens (tertiary/aromatic N) is 2. The van der Waals surface area contributed by atoms with Crippen molar-refractivity contribution >= 4 is 39.8 Å². The van der Waals surface area contributed by atoms with Crippen molar-refractivity contribution in [3.8, 4) is 16.9 Å². The van der Waals surface area contributed by atoms with Crippen LogP contribution in [0.15, 0.2) is 83.2 Å². The molecule has 4 rings (SSSR count). The van der Waals surface area contributed by atoms with E-state index in [9.17, 15) is 4.79 Å². The predicted octanol–water partition coefficient (Wildman–Crippen LogP) is 5.95. The maximum Gasteiger partial charge on any atom is 0.237 e. The summed E-state index contributed by atoms with van der Waals surface area (Å²) in [5.41, 5.74) is 3.96. The molecule has 1 aromatic heterocycles. The molecule has 168 valence electrons. The van der Waals surface area contributed by atoms with Crippen molar-refractivity contribution < 1.29 is 9.53 Å². The fraction of sp³-hybridized carbons (Fsp3) is 0.160. The molecule has 0 fully saturated rings. The number of rotatable bonds is 9. The van der Waals surface area contributed by atoms with Gasteiger partial charge in [-0.15, -0.1) is 10.2 Å². The fourth-order valence-electron chi connectivity index (χ4n) is 3.15. The van der Waals surface area contributed by atoms with Crippen LogP contribution in [-0.2, 0) is 11.3 Å². The Morgan fingerprint density at radius 2 is 1.73 bits per heavy atom. The number of carbonyl (C=O) groups is 1. The lowest BCUT2D eigenvalue weighted by Crippen LogP contribution is -2.22. The lowest BCUT2D eigenvalue weighted by atomic mass is 10.0. The van der Waals surface area contributed by atoms with Gasteiger partial charge in [0.1, 0.15) is 5.75 Å². The van der Waals surface area contributed by atoms with E-state index in [1.54, 1.807) is 7.11 Å². The fourth-order valence-corrected chi connectivity index (χ4v) is 5.04. The van der Waals surface area contributed by atoms with E-state index in [-0.39, 0.29) is 11.2 Å². The molecule has 4 aromatic rings. The number of ether oxygens (including phenoxy) is 1. The smallest absolute Gasteiger partial charge is 0.237 e. The summed E-state index contributed by atoms with van der Waals surface area (Å²) in [6.07, 6.45) is 0. The van der Waals surface area contributed by atoms with Crippen molar-refractivity contribution in [1.29, 1.82) is 0 Å². The predicted molar refractivity (Wildman–Crippen MR) is 136 cm³/mol. The number of thioether (sulfide) groups is 1. The minimum Gasteiger partial charge on any atom is -0.497 e. The molecule has 0 aliphatic carbocycles. The third-order valence-corrected chi connectivity index (χ3v) is 6.99. The summed E-state index contributed by atoms with van der Waals surface area (Å²) in [4.78, 5) is 12.9. The van der Waals surface area contributed by atoms with Gasteiger partial charge in [-0.1, -0.05) is 83.8 Å². The van der Waals surface area contributed by atoms with Gasteiger partial charge in [-0.2, -0.15) is 0 Å². The first-order valence-electron chi connectivity index (χ1n) is 10.4. The van der Waals surface area contributed by atoms with Crippen molar-refractivity contribution in [1.82, 2.24) is 10.2 Å². The maximum atomic E-state index is 12.9. The van der Waals surface area contributed by atoms with Crippen LogP contribution in [0.3, 0.4) is 0 Å². The Labute approximate surface area is 201 Å².